The van der Waals surface area contributed by atoms with Gasteiger partial charge in [0.15, 0.2) is 0 Å². The van der Waals surface area contributed by atoms with Gasteiger partial charge in [-0.15, -0.1) is 11.3 Å². The molecule has 3 heterocycles. The molecule has 7 rings (SSSR count). The number of nitrogens with zero attached hydrogens (tertiary/aromatic N) is 2. The zero-order valence-electron chi connectivity index (χ0n) is 17.7. The molecule has 0 bridgehead atoms. The first-order valence-electron chi connectivity index (χ1n) is 11.0. The molecule has 0 saturated heterocycles. The maximum Gasteiger partial charge on any atom is 0.0355 e. The summed E-state index contributed by atoms with van der Waals surface area (Å²) in [6, 6.07) is 30.8. The van der Waals surface area contributed by atoms with Gasteiger partial charge in [0.25, 0.3) is 0 Å². The van der Waals surface area contributed by atoms with Crippen LogP contribution in [0.15, 0.2) is 110 Å². The Balaban J connectivity index is 1.49. The lowest BCUT2D eigenvalue weighted by molar-refractivity contribution is 1.33. The maximum atomic E-state index is 4.35. The molecule has 0 saturated carbocycles. The Morgan fingerprint density at radius 3 is 1.88 bits per heavy atom. The van der Waals surface area contributed by atoms with Crippen molar-refractivity contribution in [3.8, 4) is 32.0 Å². The predicted molar refractivity (Wildman–Crippen MR) is 140 cm³/mol. The van der Waals surface area contributed by atoms with Gasteiger partial charge in [0, 0.05) is 40.1 Å². The van der Waals surface area contributed by atoms with E-state index in [1.54, 1.807) is 0 Å². The first kappa shape index (κ1) is 18.5. The van der Waals surface area contributed by atoms with Crippen LogP contribution >= 0.6 is 11.3 Å². The van der Waals surface area contributed by atoms with E-state index in [0.717, 1.165) is 5.56 Å². The summed E-state index contributed by atoms with van der Waals surface area (Å²) >= 11 is 1.83. The van der Waals surface area contributed by atoms with Gasteiger partial charge in [0.05, 0.1) is 0 Å². The Kier molecular flexibility index (Phi) is 4.05. The maximum absolute atomic E-state index is 4.35. The van der Waals surface area contributed by atoms with E-state index < -0.39 is 0 Å². The minimum Gasteiger partial charge on any atom is -0.265 e. The largest absolute Gasteiger partial charge is 0.265 e. The minimum atomic E-state index is 1.15. The van der Waals surface area contributed by atoms with Crippen LogP contribution in [0.25, 0.3) is 64.3 Å². The van der Waals surface area contributed by atoms with Gasteiger partial charge in [-0.1, -0.05) is 54.6 Å². The van der Waals surface area contributed by atoms with Crippen LogP contribution in [-0.4, -0.2) is 9.97 Å². The summed E-state index contributed by atoms with van der Waals surface area (Å²) in [7, 11) is 0. The van der Waals surface area contributed by atoms with Gasteiger partial charge in [0.1, 0.15) is 0 Å². The van der Waals surface area contributed by atoms with Gasteiger partial charge in [-0.25, -0.2) is 0 Å². The van der Waals surface area contributed by atoms with E-state index in [1.165, 1.54) is 58.8 Å². The highest BCUT2D eigenvalue weighted by molar-refractivity contribution is 7.18. The van der Waals surface area contributed by atoms with E-state index in [1.807, 2.05) is 42.2 Å². The summed E-state index contributed by atoms with van der Waals surface area (Å²) in [5, 5.41) is 7.81. The van der Waals surface area contributed by atoms with Gasteiger partial charge in [0.2, 0.25) is 0 Å². The Morgan fingerprint density at radius 1 is 0.485 bits per heavy atom. The molecule has 3 heteroatoms. The third kappa shape index (κ3) is 2.86. The fourth-order valence-electron chi connectivity index (χ4n) is 4.94. The van der Waals surface area contributed by atoms with Gasteiger partial charge < -0.3 is 0 Å². The molecule has 154 valence electrons. The fourth-order valence-corrected chi connectivity index (χ4v) is 5.99. The summed E-state index contributed by atoms with van der Waals surface area (Å²) in [5.74, 6) is 0. The van der Waals surface area contributed by atoms with Crippen LogP contribution in [0.2, 0.25) is 0 Å². The van der Waals surface area contributed by atoms with Crippen molar-refractivity contribution in [1.29, 1.82) is 0 Å². The molecule has 3 aromatic heterocycles. The molecule has 0 radical (unpaired) electrons. The molecule has 0 aliphatic carbocycles. The number of benzene rings is 4. The zero-order chi connectivity index (χ0) is 21.8. The first-order chi connectivity index (χ1) is 16.4. The summed E-state index contributed by atoms with van der Waals surface area (Å²) in [5.41, 5.74) is 4.87. The topological polar surface area (TPSA) is 25.8 Å². The molecule has 0 unspecified atom stereocenters. The SMILES string of the molecule is c1cncc(-c2ccc3ccc4c(-c5ccc(-c6ccncc6)s5)ccc5ccc2c3c54)c1. The first-order valence-corrected chi connectivity index (χ1v) is 11.8. The van der Waals surface area contributed by atoms with Crippen molar-refractivity contribution in [3.05, 3.63) is 110 Å². The smallest absolute Gasteiger partial charge is 0.0355 e. The van der Waals surface area contributed by atoms with Crippen LogP contribution in [0, 0.1) is 0 Å². The van der Waals surface area contributed by atoms with Crippen molar-refractivity contribution in [2.24, 2.45) is 0 Å². The molecular formula is C30H18N2S. The second-order valence-corrected chi connectivity index (χ2v) is 9.37. The molecule has 4 aromatic carbocycles. The van der Waals surface area contributed by atoms with Crippen molar-refractivity contribution >= 4 is 43.7 Å². The minimum absolute atomic E-state index is 1.15. The third-order valence-corrected chi connectivity index (χ3v) is 7.64. The highest BCUT2D eigenvalue weighted by Crippen LogP contribution is 2.44. The van der Waals surface area contributed by atoms with Crippen LogP contribution in [0.1, 0.15) is 0 Å². The molecule has 0 spiro atoms. The zero-order valence-corrected chi connectivity index (χ0v) is 18.5. The molecule has 0 N–H and O–H groups in total. The van der Waals surface area contributed by atoms with Crippen LogP contribution < -0.4 is 0 Å². The van der Waals surface area contributed by atoms with E-state index >= 15 is 0 Å². The predicted octanol–water partition coefficient (Wildman–Crippen LogP) is 8.44. The quantitative estimate of drug-likeness (QED) is 0.259. The van der Waals surface area contributed by atoms with E-state index in [4.69, 9.17) is 0 Å². The lowest BCUT2D eigenvalue weighted by atomic mass is 9.88. The number of hydrogen-bond donors (Lipinski definition) is 0. The molecule has 7 aromatic rings. The average Bonchev–Trinajstić information content (AvgIpc) is 3.38. The number of thiophene rings is 1. The monoisotopic (exact) mass is 438 g/mol. The highest BCUT2D eigenvalue weighted by atomic mass is 32.1. The van der Waals surface area contributed by atoms with Crippen molar-refractivity contribution in [2.75, 3.05) is 0 Å². The number of hydrogen-bond acceptors (Lipinski definition) is 3. The Hall–Kier alpha value is -4.08. The molecule has 0 amide bonds. The van der Waals surface area contributed by atoms with Crippen molar-refractivity contribution in [2.45, 2.75) is 0 Å². The molecule has 0 aliphatic heterocycles. The highest BCUT2D eigenvalue weighted by Gasteiger charge is 2.15. The van der Waals surface area contributed by atoms with Crippen molar-refractivity contribution in [1.82, 2.24) is 9.97 Å². The van der Waals surface area contributed by atoms with E-state index in [0.29, 0.717) is 0 Å². The fraction of sp³-hybridized carbons (Fsp3) is 0. The van der Waals surface area contributed by atoms with Crippen LogP contribution in [0.5, 0.6) is 0 Å². The van der Waals surface area contributed by atoms with E-state index in [9.17, 15) is 0 Å². The van der Waals surface area contributed by atoms with E-state index in [2.05, 4.69) is 88.8 Å². The normalized spacial score (nSPS) is 11.6. The van der Waals surface area contributed by atoms with Crippen molar-refractivity contribution < 1.29 is 0 Å². The average molecular weight is 439 g/mol. The van der Waals surface area contributed by atoms with Crippen LogP contribution in [0.3, 0.4) is 0 Å². The molecule has 33 heavy (non-hydrogen) atoms. The van der Waals surface area contributed by atoms with Gasteiger partial charge in [-0.05, 0) is 79.3 Å². The number of pyridine rings is 2. The van der Waals surface area contributed by atoms with Gasteiger partial charge in [-0.3, -0.25) is 9.97 Å². The molecule has 0 atom stereocenters. The Morgan fingerprint density at radius 2 is 1.15 bits per heavy atom. The second-order valence-electron chi connectivity index (χ2n) is 8.29. The van der Waals surface area contributed by atoms with Crippen LogP contribution in [0.4, 0.5) is 0 Å². The molecule has 0 aliphatic rings. The van der Waals surface area contributed by atoms with Gasteiger partial charge >= 0.3 is 0 Å². The number of aromatic nitrogens is 2. The summed E-state index contributed by atoms with van der Waals surface area (Å²) in [6.07, 6.45) is 7.48. The van der Waals surface area contributed by atoms with Crippen molar-refractivity contribution in [3.63, 3.8) is 0 Å². The number of rotatable bonds is 3. The standard InChI is InChI=1S/C30H18N2S/c1-2-22(18-32-15-1)23-7-3-20-6-10-26-24(8-4-21-5-9-25(23)29(20)30(21)26)28-12-11-27(33-28)19-13-16-31-17-14-19/h1-18H. The van der Waals surface area contributed by atoms with Gasteiger partial charge in [-0.2, -0.15) is 0 Å². The van der Waals surface area contributed by atoms with E-state index in [-0.39, 0.29) is 0 Å². The summed E-state index contributed by atoms with van der Waals surface area (Å²) in [4.78, 5) is 11.0. The third-order valence-electron chi connectivity index (χ3n) is 6.47. The van der Waals surface area contributed by atoms with Crippen LogP contribution in [-0.2, 0) is 0 Å². The second kappa shape index (κ2) is 7.22. The lowest BCUT2D eigenvalue weighted by Gasteiger charge is -2.16. The molecular weight excluding hydrogens is 420 g/mol. The molecule has 0 fully saturated rings. The Labute approximate surface area is 195 Å². The summed E-state index contributed by atoms with van der Waals surface area (Å²) < 4.78 is 0. The summed E-state index contributed by atoms with van der Waals surface area (Å²) in [6.45, 7) is 0. The lowest BCUT2D eigenvalue weighted by Crippen LogP contribution is -1.89. The molecule has 2 nitrogen and oxygen atoms in total. The Bertz CT molecular complexity index is 1750.